The Labute approximate surface area is 103 Å². The van der Waals surface area contributed by atoms with Crippen molar-refractivity contribution in [3.05, 3.63) is 41.1 Å². The highest BCUT2D eigenvalue weighted by Crippen LogP contribution is 2.25. The Kier molecular flexibility index (Phi) is 3.24. The lowest BCUT2D eigenvalue weighted by molar-refractivity contribution is 0.386. The molecule has 2 aromatic rings. The Hall–Kier alpha value is -1.68. The van der Waals surface area contributed by atoms with Gasteiger partial charge in [-0.15, -0.1) is 0 Å². The average Bonchev–Trinajstić information content (AvgIpc) is 2.27. The molecule has 0 bridgehead atoms. The first-order valence-electron chi connectivity index (χ1n) is 4.95. The van der Waals surface area contributed by atoms with Crippen LogP contribution in [0.3, 0.4) is 0 Å². The first-order valence-corrected chi connectivity index (χ1v) is 5.33. The average molecular weight is 253 g/mol. The Morgan fingerprint density at radius 1 is 1.24 bits per heavy atom. The molecule has 88 valence electrons. The maximum absolute atomic E-state index is 13.5. The summed E-state index contributed by atoms with van der Waals surface area (Å²) in [4.78, 5) is 8.00. The van der Waals surface area contributed by atoms with Crippen molar-refractivity contribution in [2.75, 3.05) is 7.11 Å². The molecule has 0 atom stereocenters. The maximum Gasteiger partial charge on any atom is 0.223 e. The zero-order valence-corrected chi connectivity index (χ0v) is 10.1. The van der Waals surface area contributed by atoms with Gasteiger partial charge in [0.2, 0.25) is 5.28 Å². The first-order chi connectivity index (χ1) is 8.10. The molecule has 17 heavy (non-hydrogen) atoms. The van der Waals surface area contributed by atoms with Crippen LogP contribution in [0.4, 0.5) is 4.39 Å². The highest BCUT2D eigenvalue weighted by Gasteiger charge is 2.07. The molecule has 5 heteroatoms. The van der Waals surface area contributed by atoms with E-state index in [0.29, 0.717) is 11.3 Å². The van der Waals surface area contributed by atoms with E-state index >= 15 is 0 Å². The predicted molar refractivity (Wildman–Crippen MR) is 63.7 cm³/mol. The van der Waals surface area contributed by atoms with Gasteiger partial charge in [-0.2, -0.15) is 0 Å². The number of hydrogen-bond acceptors (Lipinski definition) is 3. The van der Waals surface area contributed by atoms with Crippen molar-refractivity contribution in [2.24, 2.45) is 0 Å². The summed E-state index contributed by atoms with van der Waals surface area (Å²) < 4.78 is 18.4. The minimum absolute atomic E-state index is 0.149. The van der Waals surface area contributed by atoms with E-state index in [9.17, 15) is 4.39 Å². The number of benzene rings is 1. The number of nitrogens with zero attached hydrogens (tertiary/aromatic N) is 2. The van der Waals surface area contributed by atoms with Gasteiger partial charge < -0.3 is 4.74 Å². The fraction of sp³-hybridized carbons (Fsp3) is 0.167. The second-order valence-electron chi connectivity index (χ2n) is 3.51. The molecule has 0 amide bonds. The summed E-state index contributed by atoms with van der Waals surface area (Å²) in [6.45, 7) is 1.80. The highest BCUT2D eigenvalue weighted by molar-refractivity contribution is 6.28. The standard InChI is InChI=1S/C12H10ClFN2O/c1-7-5-10(16-12(13)15-7)8-3-4-11(17-2)9(14)6-8/h3-6H,1-2H3. The van der Waals surface area contributed by atoms with Crippen LogP contribution in [0.25, 0.3) is 11.3 Å². The molecule has 0 fully saturated rings. The zero-order valence-electron chi connectivity index (χ0n) is 9.37. The Bertz CT molecular complexity index is 540. The number of halogens is 2. The molecular weight excluding hydrogens is 243 g/mol. The van der Waals surface area contributed by atoms with E-state index in [0.717, 1.165) is 5.69 Å². The van der Waals surface area contributed by atoms with Gasteiger partial charge in [-0.3, -0.25) is 0 Å². The van der Waals surface area contributed by atoms with E-state index in [-0.39, 0.29) is 11.0 Å². The van der Waals surface area contributed by atoms with Crippen molar-refractivity contribution >= 4 is 11.6 Å². The van der Waals surface area contributed by atoms with Gasteiger partial charge in [-0.1, -0.05) is 0 Å². The molecule has 0 aliphatic carbocycles. The van der Waals surface area contributed by atoms with Crippen LogP contribution in [-0.2, 0) is 0 Å². The fourth-order valence-corrected chi connectivity index (χ4v) is 1.73. The third-order valence-corrected chi connectivity index (χ3v) is 2.44. The largest absolute Gasteiger partial charge is 0.494 e. The molecule has 0 radical (unpaired) electrons. The molecular formula is C12H10ClFN2O. The topological polar surface area (TPSA) is 35.0 Å². The minimum Gasteiger partial charge on any atom is -0.494 e. The van der Waals surface area contributed by atoms with Crippen molar-refractivity contribution < 1.29 is 9.13 Å². The summed E-state index contributed by atoms with van der Waals surface area (Å²) in [5.41, 5.74) is 1.95. The van der Waals surface area contributed by atoms with Crippen LogP contribution >= 0.6 is 11.6 Å². The Morgan fingerprint density at radius 2 is 2.00 bits per heavy atom. The van der Waals surface area contributed by atoms with Crippen LogP contribution < -0.4 is 4.74 Å². The van der Waals surface area contributed by atoms with Crippen LogP contribution in [0, 0.1) is 12.7 Å². The quantitative estimate of drug-likeness (QED) is 0.770. The summed E-state index contributed by atoms with van der Waals surface area (Å²) >= 11 is 5.76. The van der Waals surface area contributed by atoms with Gasteiger partial charge in [0.15, 0.2) is 11.6 Å². The first kappa shape index (κ1) is 11.8. The summed E-state index contributed by atoms with van der Waals surface area (Å²) in [7, 11) is 1.42. The van der Waals surface area contributed by atoms with Crippen LogP contribution in [0.1, 0.15) is 5.69 Å². The number of rotatable bonds is 2. The molecule has 2 rings (SSSR count). The zero-order chi connectivity index (χ0) is 12.4. The van der Waals surface area contributed by atoms with Crippen molar-refractivity contribution in [1.29, 1.82) is 0 Å². The van der Waals surface area contributed by atoms with E-state index in [1.165, 1.54) is 13.2 Å². The molecule has 0 unspecified atom stereocenters. The number of ether oxygens (including phenoxy) is 1. The molecule has 0 saturated heterocycles. The molecule has 1 aromatic carbocycles. The smallest absolute Gasteiger partial charge is 0.223 e. The lowest BCUT2D eigenvalue weighted by Gasteiger charge is -2.05. The third-order valence-electron chi connectivity index (χ3n) is 2.27. The highest BCUT2D eigenvalue weighted by atomic mass is 35.5. The molecule has 0 saturated carbocycles. The maximum atomic E-state index is 13.5. The van der Waals surface area contributed by atoms with Gasteiger partial charge in [0.25, 0.3) is 0 Å². The van der Waals surface area contributed by atoms with Crippen LogP contribution in [0.2, 0.25) is 5.28 Å². The van der Waals surface area contributed by atoms with E-state index in [4.69, 9.17) is 16.3 Å². The number of methoxy groups -OCH3 is 1. The summed E-state index contributed by atoms with van der Waals surface area (Å²) in [6.07, 6.45) is 0. The van der Waals surface area contributed by atoms with Crippen LogP contribution in [0.5, 0.6) is 5.75 Å². The Morgan fingerprint density at radius 3 is 2.59 bits per heavy atom. The third kappa shape index (κ3) is 2.53. The van der Waals surface area contributed by atoms with E-state index in [2.05, 4.69) is 9.97 Å². The van der Waals surface area contributed by atoms with Gasteiger partial charge in [0.1, 0.15) is 0 Å². The summed E-state index contributed by atoms with van der Waals surface area (Å²) in [5, 5.41) is 0.149. The second kappa shape index (κ2) is 4.67. The second-order valence-corrected chi connectivity index (χ2v) is 3.85. The number of hydrogen-bond donors (Lipinski definition) is 0. The molecule has 3 nitrogen and oxygen atoms in total. The monoisotopic (exact) mass is 252 g/mol. The lowest BCUT2D eigenvalue weighted by atomic mass is 10.1. The predicted octanol–water partition coefficient (Wildman–Crippen LogP) is 3.25. The lowest BCUT2D eigenvalue weighted by Crippen LogP contribution is -1.93. The molecule has 0 aliphatic heterocycles. The van der Waals surface area contributed by atoms with Gasteiger partial charge in [0, 0.05) is 11.3 Å². The number of aromatic nitrogens is 2. The SMILES string of the molecule is COc1ccc(-c2cc(C)nc(Cl)n2)cc1F. The van der Waals surface area contributed by atoms with Gasteiger partial charge in [0.05, 0.1) is 12.8 Å². The fourth-order valence-electron chi connectivity index (χ4n) is 1.51. The molecule has 1 aromatic heterocycles. The molecule has 0 N–H and O–H groups in total. The minimum atomic E-state index is -0.433. The molecule has 0 aliphatic rings. The van der Waals surface area contributed by atoms with E-state index in [1.807, 2.05) is 0 Å². The van der Waals surface area contributed by atoms with E-state index in [1.54, 1.807) is 25.1 Å². The van der Waals surface area contributed by atoms with Crippen LogP contribution in [-0.4, -0.2) is 17.1 Å². The van der Waals surface area contributed by atoms with Crippen molar-refractivity contribution in [3.8, 4) is 17.0 Å². The summed E-state index contributed by atoms with van der Waals surface area (Å²) in [5.74, 6) is -0.233. The van der Waals surface area contributed by atoms with Gasteiger partial charge in [-0.05, 0) is 42.8 Å². The summed E-state index contributed by atoms with van der Waals surface area (Å²) in [6, 6.07) is 6.38. The Balaban J connectivity index is 2.49. The van der Waals surface area contributed by atoms with E-state index < -0.39 is 5.82 Å². The molecule has 0 spiro atoms. The van der Waals surface area contributed by atoms with Crippen molar-refractivity contribution in [2.45, 2.75) is 6.92 Å². The molecule has 1 heterocycles. The van der Waals surface area contributed by atoms with Crippen molar-refractivity contribution in [3.63, 3.8) is 0 Å². The number of aryl methyl sites for hydroxylation is 1. The van der Waals surface area contributed by atoms with Gasteiger partial charge >= 0.3 is 0 Å². The van der Waals surface area contributed by atoms with Crippen molar-refractivity contribution in [1.82, 2.24) is 9.97 Å². The normalized spacial score (nSPS) is 10.4. The van der Waals surface area contributed by atoms with Crippen LogP contribution in [0.15, 0.2) is 24.3 Å². The van der Waals surface area contributed by atoms with Gasteiger partial charge in [-0.25, -0.2) is 14.4 Å².